The summed E-state index contributed by atoms with van der Waals surface area (Å²) in [5.74, 6) is -3.32. The van der Waals surface area contributed by atoms with Crippen molar-refractivity contribution in [2.24, 2.45) is 5.92 Å². The largest absolute Gasteiger partial charge is 0.370 e. The van der Waals surface area contributed by atoms with Gasteiger partial charge in [0.1, 0.15) is 11.6 Å². The van der Waals surface area contributed by atoms with Crippen LogP contribution >= 0.6 is 11.6 Å². The van der Waals surface area contributed by atoms with Gasteiger partial charge >= 0.3 is 0 Å². The van der Waals surface area contributed by atoms with Gasteiger partial charge in [0.25, 0.3) is 5.91 Å². The number of aryl methyl sites for hydroxylation is 2. The highest BCUT2D eigenvalue weighted by atomic mass is 35.5. The minimum atomic E-state index is -1.40. The number of nitrogens with zero attached hydrogens (tertiary/aromatic N) is 1. The Morgan fingerprint density at radius 1 is 1.06 bits per heavy atom. The van der Waals surface area contributed by atoms with E-state index in [1.807, 2.05) is 26.0 Å². The maximum Gasteiger partial charge on any atom is 0.256 e. The molecule has 1 fully saturated rings. The summed E-state index contributed by atoms with van der Waals surface area (Å²) in [6, 6.07) is 3.90. The first-order chi connectivity index (χ1) is 14.7. The molecule has 168 valence electrons. The van der Waals surface area contributed by atoms with Crippen LogP contribution in [-0.2, 0) is 0 Å². The van der Waals surface area contributed by atoms with E-state index in [1.165, 1.54) is 5.56 Å². The van der Waals surface area contributed by atoms with Crippen LogP contribution < -0.4 is 10.6 Å². The van der Waals surface area contributed by atoms with Gasteiger partial charge < -0.3 is 10.6 Å². The molecule has 31 heavy (non-hydrogen) atoms. The molecule has 1 aromatic carbocycles. The quantitative estimate of drug-likeness (QED) is 0.425. The Kier molecular flexibility index (Phi) is 7.46. The number of aromatic nitrogens is 1. The third-order valence-corrected chi connectivity index (χ3v) is 6.20. The Morgan fingerprint density at radius 3 is 2.39 bits per heavy atom. The molecule has 0 bridgehead atoms. The van der Waals surface area contributed by atoms with Gasteiger partial charge in [-0.05, 0) is 76.5 Å². The van der Waals surface area contributed by atoms with Crippen LogP contribution in [0.5, 0.6) is 0 Å². The highest BCUT2D eigenvalue weighted by Crippen LogP contribution is 2.30. The Morgan fingerprint density at radius 2 is 1.74 bits per heavy atom. The third-order valence-electron chi connectivity index (χ3n) is 5.85. The molecule has 2 N–H and O–H groups in total. The molecule has 1 aliphatic carbocycles. The molecule has 1 saturated carbocycles. The van der Waals surface area contributed by atoms with Crippen LogP contribution in [0, 0.1) is 44.1 Å². The average Bonchev–Trinajstić information content (AvgIpc) is 2.71. The fourth-order valence-electron chi connectivity index (χ4n) is 4.14. The molecular formula is C23H27ClF3N3O. The van der Waals surface area contributed by atoms with Gasteiger partial charge in [0, 0.05) is 23.8 Å². The van der Waals surface area contributed by atoms with Gasteiger partial charge in [-0.1, -0.05) is 11.6 Å². The zero-order chi connectivity index (χ0) is 22.7. The zero-order valence-electron chi connectivity index (χ0n) is 17.9. The Bertz CT molecular complexity index is 926. The van der Waals surface area contributed by atoms with Crippen LogP contribution in [0.1, 0.15) is 59.3 Å². The maximum atomic E-state index is 14.3. The number of amides is 1. The van der Waals surface area contributed by atoms with E-state index in [4.69, 9.17) is 11.6 Å². The second-order valence-corrected chi connectivity index (χ2v) is 8.71. The van der Waals surface area contributed by atoms with Crippen LogP contribution in [0.15, 0.2) is 12.1 Å². The van der Waals surface area contributed by atoms with E-state index in [0.717, 1.165) is 57.1 Å². The SMILES string of the molecule is Cc1cc(C)nc(NCCC2CCC(NC(=O)c3c(F)c(C)c(F)c(F)c3Cl)CC2)c1. The highest BCUT2D eigenvalue weighted by Gasteiger charge is 2.29. The minimum absolute atomic E-state index is 0.151. The zero-order valence-corrected chi connectivity index (χ0v) is 18.7. The number of carbonyl (C=O) groups excluding carboxylic acids is 1. The summed E-state index contributed by atoms with van der Waals surface area (Å²) < 4.78 is 41.8. The first-order valence-corrected chi connectivity index (χ1v) is 10.9. The van der Waals surface area contributed by atoms with Crippen LogP contribution in [0.3, 0.4) is 0 Å². The lowest BCUT2D eigenvalue weighted by molar-refractivity contribution is 0.0916. The second-order valence-electron chi connectivity index (χ2n) is 8.33. The van der Waals surface area contributed by atoms with Crippen molar-refractivity contribution in [3.63, 3.8) is 0 Å². The van der Waals surface area contributed by atoms with Crippen molar-refractivity contribution in [3.05, 3.63) is 57.0 Å². The summed E-state index contributed by atoms with van der Waals surface area (Å²) in [4.78, 5) is 17.0. The molecule has 1 aromatic heterocycles. The molecule has 2 aromatic rings. The van der Waals surface area contributed by atoms with E-state index in [0.29, 0.717) is 5.92 Å². The fraction of sp³-hybridized carbons (Fsp3) is 0.478. The van der Waals surface area contributed by atoms with Crippen LogP contribution in [-0.4, -0.2) is 23.5 Å². The van der Waals surface area contributed by atoms with Gasteiger partial charge in [-0.25, -0.2) is 18.2 Å². The van der Waals surface area contributed by atoms with Gasteiger partial charge in [0.15, 0.2) is 11.6 Å². The summed E-state index contributed by atoms with van der Waals surface area (Å²) in [5.41, 5.74) is 0.956. The molecule has 0 unspecified atom stereocenters. The van der Waals surface area contributed by atoms with Crippen molar-refractivity contribution in [2.75, 3.05) is 11.9 Å². The number of hydrogen-bond acceptors (Lipinski definition) is 3. The molecule has 1 aliphatic rings. The summed E-state index contributed by atoms with van der Waals surface area (Å²) in [6.07, 6.45) is 4.29. The van der Waals surface area contributed by atoms with Crippen LogP contribution in [0.25, 0.3) is 0 Å². The van der Waals surface area contributed by atoms with Gasteiger partial charge in [-0.3, -0.25) is 4.79 Å². The van der Waals surface area contributed by atoms with Gasteiger partial charge in [-0.2, -0.15) is 0 Å². The highest BCUT2D eigenvalue weighted by molar-refractivity contribution is 6.34. The van der Waals surface area contributed by atoms with Crippen molar-refractivity contribution in [3.8, 4) is 0 Å². The standard InChI is InChI=1S/C23H27ClF3N3O/c1-12-10-13(2)29-17(11-12)28-9-8-15-4-6-16(7-5-15)30-23(31)18-19(24)22(27)21(26)14(3)20(18)25/h10-11,15-16H,4-9H2,1-3H3,(H,28,29)(H,30,31). The van der Waals surface area contributed by atoms with E-state index in [-0.39, 0.29) is 6.04 Å². The topological polar surface area (TPSA) is 54.0 Å². The number of hydrogen-bond donors (Lipinski definition) is 2. The number of anilines is 1. The number of pyridine rings is 1. The molecule has 1 heterocycles. The summed E-state index contributed by atoms with van der Waals surface area (Å²) in [6.45, 7) is 5.89. The van der Waals surface area contributed by atoms with E-state index in [1.54, 1.807) is 0 Å². The van der Waals surface area contributed by atoms with E-state index < -0.39 is 39.5 Å². The van der Waals surface area contributed by atoms with Crippen molar-refractivity contribution in [1.29, 1.82) is 0 Å². The molecule has 3 rings (SSSR count). The lowest BCUT2D eigenvalue weighted by Gasteiger charge is -2.29. The van der Waals surface area contributed by atoms with Crippen molar-refractivity contribution >= 4 is 23.3 Å². The maximum absolute atomic E-state index is 14.3. The molecule has 0 radical (unpaired) electrons. The number of halogens is 4. The van der Waals surface area contributed by atoms with Crippen molar-refractivity contribution in [2.45, 2.75) is 58.9 Å². The van der Waals surface area contributed by atoms with E-state index in [2.05, 4.69) is 15.6 Å². The number of carbonyl (C=O) groups is 1. The molecule has 0 aliphatic heterocycles. The summed E-state index contributed by atoms with van der Waals surface area (Å²) in [5, 5.41) is 5.27. The minimum Gasteiger partial charge on any atom is -0.370 e. The van der Waals surface area contributed by atoms with Crippen LogP contribution in [0.2, 0.25) is 5.02 Å². The molecule has 4 nitrogen and oxygen atoms in total. The van der Waals surface area contributed by atoms with E-state index in [9.17, 15) is 18.0 Å². The molecule has 0 saturated heterocycles. The lowest BCUT2D eigenvalue weighted by Crippen LogP contribution is -2.38. The molecule has 8 heteroatoms. The van der Waals surface area contributed by atoms with Crippen molar-refractivity contribution < 1.29 is 18.0 Å². The van der Waals surface area contributed by atoms with Gasteiger partial charge in [-0.15, -0.1) is 0 Å². The average molecular weight is 454 g/mol. The normalized spacial score (nSPS) is 18.7. The monoisotopic (exact) mass is 453 g/mol. The Labute approximate surface area is 185 Å². The van der Waals surface area contributed by atoms with Crippen LogP contribution in [0.4, 0.5) is 19.0 Å². The number of benzene rings is 1. The molecule has 0 atom stereocenters. The molecular weight excluding hydrogens is 427 g/mol. The predicted molar refractivity (Wildman–Crippen MR) is 116 cm³/mol. The van der Waals surface area contributed by atoms with E-state index >= 15 is 0 Å². The lowest BCUT2D eigenvalue weighted by atomic mass is 9.84. The number of rotatable bonds is 6. The van der Waals surface area contributed by atoms with Crippen molar-refractivity contribution in [1.82, 2.24) is 10.3 Å². The Balaban J connectivity index is 1.50. The van der Waals surface area contributed by atoms with Gasteiger partial charge in [0.05, 0.1) is 10.6 Å². The second kappa shape index (κ2) is 9.90. The summed E-state index contributed by atoms with van der Waals surface area (Å²) >= 11 is 5.71. The fourth-order valence-corrected chi connectivity index (χ4v) is 4.39. The molecule has 1 amide bonds. The first-order valence-electron chi connectivity index (χ1n) is 10.5. The third kappa shape index (κ3) is 5.50. The first kappa shape index (κ1) is 23.4. The number of nitrogens with one attached hydrogen (secondary N) is 2. The molecule has 0 spiro atoms. The smallest absolute Gasteiger partial charge is 0.256 e. The van der Waals surface area contributed by atoms with Gasteiger partial charge in [0.2, 0.25) is 0 Å². The Hall–Kier alpha value is -2.28. The summed E-state index contributed by atoms with van der Waals surface area (Å²) in [7, 11) is 0. The predicted octanol–water partition coefficient (Wildman–Crippen LogP) is 5.87.